The summed E-state index contributed by atoms with van der Waals surface area (Å²) in [4.78, 5) is 8.49. The zero-order valence-electron chi connectivity index (χ0n) is 13.0. The molecule has 5 nitrogen and oxygen atoms in total. The highest BCUT2D eigenvalue weighted by Crippen LogP contribution is 2.15. The Morgan fingerprint density at radius 2 is 2.04 bits per heavy atom. The molecule has 2 heterocycles. The number of hydrogen-bond acceptors (Lipinski definition) is 5. The molecule has 122 valence electrons. The van der Waals surface area contributed by atoms with Gasteiger partial charge in [0.15, 0.2) is 0 Å². The maximum atomic E-state index is 5.99. The van der Waals surface area contributed by atoms with Gasteiger partial charge in [-0.1, -0.05) is 23.7 Å². The molecule has 3 rings (SSSR count). The Morgan fingerprint density at radius 3 is 2.83 bits per heavy atom. The molecule has 2 aromatic rings. The zero-order chi connectivity index (χ0) is 15.9. The molecule has 23 heavy (non-hydrogen) atoms. The molecule has 0 bridgehead atoms. The molecule has 1 atom stereocenters. The molecule has 6 heteroatoms. The van der Waals surface area contributed by atoms with Crippen LogP contribution in [0, 0.1) is 0 Å². The molecule has 0 amide bonds. The van der Waals surface area contributed by atoms with Crippen molar-refractivity contribution < 1.29 is 4.74 Å². The van der Waals surface area contributed by atoms with E-state index >= 15 is 0 Å². The van der Waals surface area contributed by atoms with Crippen LogP contribution in [-0.2, 0) is 11.2 Å². The molecular formula is C17H21ClN4O. The van der Waals surface area contributed by atoms with Crippen molar-refractivity contribution in [1.82, 2.24) is 9.97 Å². The van der Waals surface area contributed by atoms with E-state index in [0.29, 0.717) is 6.10 Å². The summed E-state index contributed by atoms with van der Waals surface area (Å²) in [7, 11) is 0. The number of hydrogen-bond donors (Lipinski definition) is 2. The molecule has 2 N–H and O–H groups in total. The normalized spacial score (nSPS) is 17.2. The van der Waals surface area contributed by atoms with Crippen molar-refractivity contribution in [2.75, 3.05) is 30.3 Å². The quantitative estimate of drug-likeness (QED) is 0.814. The molecule has 1 saturated heterocycles. The minimum absolute atomic E-state index is 0.296. The largest absolute Gasteiger partial charge is 0.376 e. The van der Waals surface area contributed by atoms with Crippen LogP contribution in [0.15, 0.2) is 36.7 Å². The van der Waals surface area contributed by atoms with Gasteiger partial charge in [-0.05, 0) is 37.0 Å². The molecule has 0 aliphatic carbocycles. The Hall–Kier alpha value is -1.85. The Bertz CT molecular complexity index is 631. The summed E-state index contributed by atoms with van der Waals surface area (Å²) in [6.45, 7) is 2.45. The summed E-state index contributed by atoms with van der Waals surface area (Å²) in [5, 5.41) is 7.39. The van der Waals surface area contributed by atoms with Gasteiger partial charge in [-0.15, -0.1) is 0 Å². The predicted octanol–water partition coefficient (Wildman–Crippen LogP) is 3.38. The van der Waals surface area contributed by atoms with E-state index in [2.05, 4.69) is 26.7 Å². The molecule has 0 spiro atoms. The number of benzene rings is 1. The maximum Gasteiger partial charge on any atom is 0.131 e. The Morgan fingerprint density at radius 1 is 1.17 bits per heavy atom. The number of nitrogens with zero attached hydrogens (tertiary/aromatic N) is 2. The molecule has 1 fully saturated rings. The smallest absolute Gasteiger partial charge is 0.131 e. The molecule has 0 saturated carbocycles. The first-order chi connectivity index (χ1) is 11.3. The molecule has 1 aromatic heterocycles. The minimum atomic E-state index is 0.296. The van der Waals surface area contributed by atoms with Crippen LogP contribution in [0.3, 0.4) is 0 Å². The van der Waals surface area contributed by atoms with Crippen LogP contribution in [0.5, 0.6) is 0 Å². The van der Waals surface area contributed by atoms with E-state index in [4.69, 9.17) is 16.3 Å². The summed E-state index contributed by atoms with van der Waals surface area (Å²) in [5.74, 6) is 1.64. The summed E-state index contributed by atoms with van der Waals surface area (Å²) in [6, 6.07) is 9.83. The van der Waals surface area contributed by atoms with E-state index in [1.165, 1.54) is 5.56 Å². The third-order valence-corrected chi connectivity index (χ3v) is 4.05. The molecule has 1 aliphatic rings. The average molecular weight is 333 g/mol. The van der Waals surface area contributed by atoms with Gasteiger partial charge in [0.05, 0.1) is 6.10 Å². The number of ether oxygens (including phenoxy) is 1. The third kappa shape index (κ3) is 5.08. The van der Waals surface area contributed by atoms with Gasteiger partial charge < -0.3 is 15.4 Å². The van der Waals surface area contributed by atoms with Gasteiger partial charge in [-0.25, -0.2) is 9.97 Å². The van der Waals surface area contributed by atoms with Gasteiger partial charge in [0.1, 0.15) is 18.0 Å². The first-order valence-electron chi connectivity index (χ1n) is 7.95. The second kappa shape index (κ2) is 8.13. The second-order valence-corrected chi connectivity index (χ2v) is 6.05. The molecule has 1 unspecified atom stereocenters. The SMILES string of the molecule is Clc1cccc(CCNc2cc(NCC3CCCO3)ncn2)c1. The highest BCUT2D eigenvalue weighted by Gasteiger charge is 2.15. The van der Waals surface area contributed by atoms with Crippen LogP contribution >= 0.6 is 11.6 Å². The fourth-order valence-corrected chi connectivity index (χ4v) is 2.81. The highest BCUT2D eigenvalue weighted by molar-refractivity contribution is 6.30. The first-order valence-corrected chi connectivity index (χ1v) is 8.33. The number of aromatic nitrogens is 2. The van der Waals surface area contributed by atoms with Crippen molar-refractivity contribution in [3.63, 3.8) is 0 Å². The van der Waals surface area contributed by atoms with E-state index in [1.807, 2.05) is 24.3 Å². The van der Waals surface area contributed by atoms with Crippen LogP contribution < -0.4 is 10.6 Å². The van der Waals surface area contributed by atoms with Crippen molar-refractivity contribution in [3.8, 4) is 0 Å². The standard InChI is InChI=1S/C17H21ClN4O/c18-14-4-1-3-13(9-14)6-7-19-16-10-17(22-12-21-16)20-11-15-5-2-8-23-15/h1,3-4,9-10,12,15H,2,5-8,11H2,(H2,19,20,21,22). The summed E-state index contributed by atoms with van der Waals surface area (Å²) in [5.41, 5.74) is 1.20. The number of nitrogens with one attached hydrogen (secondary N) is 2. The summed E-state index contributed by atoms with van der Waals surface area (Å²) >= 11 is 5.99. The van der Waals surface area contributed by atoms with Crippen molar-refractivity contribution in [2.45, 2.75) is 25.4 Å². The Labute approximate surface area is 141 Å². The van der Waals surface area contributed by atoms with Gasteiger partial charge in [0.2, 0.25) is 0 Å². The lowest BCUT2D eigenvalue weighted by Gasteiger charge is -2.12. The Balaban J connectivity index is 1.47. The van der Waals surface area contributed by atoms with Crippen molar-refractivity contribution in [2.24, 2.45) is 0 Å². The predicted molar refractivity (Wildman–Crippen MR) is 93.1 cm³/mol. The van der Waals surface area contributed by atoms with Gasteiger partial charge in [0, 0.05) is 30.8 Å². The number of halogens is 1. The van der Waals surface area contributed by atoms with Gasteiger partial charge in [-0.2, -0.15) is 0 Å². The van der Waals surface area contributed by atoms with Crippen molar-refractivity contribution >= 4 is 23.2 Å². The number of rotatable bonds is 7. The molecule has 1 aliphatic heterocycles. The van der Waals surface area contributed by atoms with Crippen LogP contribution in [0.2, 0.25) is 5.02 Å². The van der Waals surface area contributed by atoms with E-state index in [-0.39, 0.29) is 0 Å². The second-order valence-electron chi connectivity index (χ2n) is 5.61. The van der Waals surface area contributed by atoms with Gasteiger partial charge >= 0.3 is 0 Å². The lowest BCUT2D eigenvalue weighted by atomic mass is 10.1. The first kappa shape index (κ1) is 16.0. The average Bonchev–Trinajstić information content (AvgIpc) is 3.07. The monoisotopic (exact) mass is 332 g/mol. The fourth-order valence-electron chi connectivity index (χ4n) is 2.60. The summed E-state index contributed by atoms with van der Waals surface area (Å²) < 4.78 is 5.60. The highest BCUT2D eigenvalue weighted by atomic mass is 35.5. The van der Waals surface area contributed by atoms with Crippen LogP contribution in [-0.4, -0.2) is 35.8 Å². The lowest BCUT2D eigenvalue weighted by molar-refractivity contribution is 0.120. The van der Waals surface area contributed by atoms with E-state index in [0.717, 1.165) is 55.6 Å². The van der Waals surface area contributed by atoms with Crippen LogP contribution in [0.4, 0.5) is 11.6 Å². The van der Waals surface area contributed by atoms with Crippen molar-refractivity contribution in [1.29, 1.82) is 0 Å². The molecular weight excluding hydrogens is 312 g/mol. The van der Waals surface area contributed by atoms with E-state index in [9.17, 15) is 0 Å². The van der Waals surface area contributed by atoms with E-state index in [1.54, 1.807) is 6.33 Å². The van der Waals surface area contributed by atoms with Crippen LogP contribution in [0.1, 0.15) is 18.4 Å². The topological polar surface area (TPSA) is 59.1 Å². The lowest BCUT2D eigenvalue weighted by Crippen LogP contribution is -2.19. The third-order valence-electron chi connectivity index (χ3n) is 3.81. The minimum Gasteiger partial charge on any atom is -0.376 e. The zero-order valence-corrected chi connectivity index (χ0v) is 13.7. The Kier molecular flexibility index (Phi) is 5.66. The molecule has 1 aromatic carbocycles. The molecule has 0 radical (unpaired) electrons. The van der Waals surface area contributed by atoms with Gasteiger partial charge in [-0.3, -0.25) is 0 Å². The van der Waals surface area contributed by atoms with E-state index < -0.39 is 0 Å². The van der Waals surface area contributed by atoms with Gasteiger partial charge in [0.25, 0.3) is 0 Å². The van der Waals surface area contributed by atoms with Crippen LogP contribution in [0.25, 0.3) is 0 Å². The maximum absolute atomic E-state index is 5.99. The summed E-state index contributed by atoms with van der Waals surface area (Å²) in [6.07, 6.45) is 5.02. The fraction of sp³-hybridized carbons (Fsp3) is 0.412. The number of anilines is 2. The van der Waals surface area contributed by atoms with Crippen molar-refractivity contribution in [3.05, 3.63) is 47.2 Å².